The Bertz CT molecular complexity index is 793. The highest BCUT2D eigenvalue weighted by Gasteiger charge is 2.43. The molecule has 1 aromatic carbocycles. The number of amides is 1. The predicted molar refractivity (Wildman–Crippen MR) is 82.7 cm³/mol. The lowest BCUT2D eigenvalue weighted by Crippen LogP contribution is -2.37. The van der Waals surface area contributed by atoms with Gasteiger partial charge in [-0.3, -0.25) is 14.3 Å². The molecule has 1 aliphatic rings. The summed E-state index contributed by atoms with van der Waals surface area (Å²) in [6.07, 6.45) is 1.81. The first-order valence-electron chi connectivity index (χ1n) is 7.30. The number of carbonyl (C=O) groups excluding carboxylic acids is 1. The highest BCUT2D eigenvalue weighted by Crippen LogP contribution is 2.45. The van der Waals surface area contributed by atoms with Crippen LogP contribution < -0.4 is 5.43 Å². The number of fused-ring (bicyclic) bond motifs is 1. The van der Waals surface area contributed by atoms with Crippen LogP contribution in [0.5, 0.6) is 0 Å². The Kier molecular flexibility index (Phi) is 3.48. The average molecular weight is 301 g/mol. The molecule has 116 valence electrons. The maximum atomic E-state index is 12.6. The van der Waals surface area contributed by atoms with E-state index in [9.17, 15) is 14.7 Å². The second kappa shape index (κ2) is 5.21. The maximum Gasteiger partial charge on any atom is 0.278 e. The number of nitrogens with zero attached hydrogens (tertiary/aromatic N) is 3. The first-order valence-corrected chi connectivity index (χ1v) is 7.30. The molecule has 6 heteroatoms. The van der Waals surface area contributed by atoms with Gasteiger partial charge in [0.05, 0.1) is 12.1 Å². The van der Waals surface area contributed by atoms with Gasteiger partial charge in [0.2, 0.25) is 5.43 Å². The quantitative estimate of drug-likeness (QED) is 0.905. The van der Waals surface area contributed by atoms with E-state index in [4.69, 9.17) is 0 Å². The van der Waals surface area contributed by atoms with Crippen LogP contribution in [0.15, 0.2) is 29.1 Å². The summed E-state index contributed by atoms with van der Waals surface area (Å²) >= 11 is 0. The van der Waals surface area contributed by atoms with Gasteiger partial charge in [-0.2, -0.15) is 5.10 Å². The zero-order valence-electron chi connectivity index (χ0n) is 12.7. The van der Waals surface area contributed by atoms with E-state index >= 15 is 0 Å². The molecule has 0 spiro atoms. The molecule has 0 bridgehead atoms. The van der Waals surface area contributed by atoms with E-state index in [-0.39, 0.29) is 23.1 Å². The fourth-order valence-corrected chi connectivity index (χ4v) is 2.76. The van der Waals surface area contributed by atoms with Crippen LogP contribution in [0.2, 0.25) is 0 Å². The van der Waals surface area contributed by atoms with Crippen molar-refractivity contribution in [1.29, 1.82) is 0 Å². The molecule has 0 radical (unpaired) electrons. The van der Waals surface area contributed by atoms with E-state index in [0.717, 1.165) is 12.8 Å². The summed E-state index contributed by atoms with van der Waals surface area (Å²) in [5, 5.41) is 14.0. The van der Waals surface area contributed by atoms with E-state index in [1.54, 1.807) is 37.0 Å². The van der Waals surface area contributed by atoms with Crippen molar-refractivity contribution in [3.63, 3.8) is 0 Å². The van der Waals surface area contributed by atoms with E-state index in [1.807, 2.05) is 6.07 Å². The molecule has 1 saturated carbocycles. The molecular weight excluding hydrogens is 282 g/mol. The molecule has 1 heterocycles. The van der Waals surface area contributed by atoms with Gasteiger partial charge in [-0.15, -0.1) is 0 Å². The summed E-state index contributed by atoms with van der Waals surface area (Å²) in [5.74, 6) is -0.397. The number of aromatic nitrogens is 2. The summed E-state index contributed by atoms with van der Waals surface area (Å²) < 4.78 is 1.55. The van der Waals surface area contributed by atoms with Gasteiger partial charge in [-0.1, -0.05) is 12.1 Å². The molecular formula is C16H19N3O3. The second-order valence-electron chi connectivity index (χ2n) is 6.14. The van der Waals surface area contributed by atoms with Crippen LogP contribution in [0.3, 0.4) is 0 Å². The Hall–Kier alpha value is -2.21. The largest absolute Gasteiger partial charge is 0.396 e. The van der Waals surface area contributed by atoms with E-state index in [0.29, 0.717) is 17.4 Å². The van der Waals surface area contributed by atoms with Gasteiger partial charge < -0.3 is 10.0 Å². The van der Waals surface area contributed by atoms with E-state index in [1.165, 1.54) is 4.90 Å². The van der Waals surface area contributed by atoms with Crippen LogP contribution in [-0.4, -0.2) is 45.9 Å². The van der Waals surface area contributed by atoms with Crippen molar-refractivity contribution in [2.45, 2.75) is 12.8 Å². The molecule has 1 aromatic heterocycles. The Morgan fingerprint density at radius 2 is 2.09 bits per heavy atom. The molecule has 22 heavy (non-hydrogen) atoms. The van der Waals surface area contributed by atoms with Crippen LogP contribution in [-0.2, 0) is 7.05 Å². The van der Waals surface area contributed by atoms with Gasteiger partial charge in [0.1, 0.15) is 0 Å². The van der Waals surface area contributed by atoms with Gasteiger partial charge in [-0.25, -0.2) is 0 Å². The highest BCUT2D eigenvalue weighted by molar-refractivity contribution is 5.95. The molecule has 1 fully saturated rings. The third-order valence-corrected chi connectivity index (χ3v) is 4.38. The van der Waals surface area contributed by atoms with Crippen molar-refractivity contribution in [1.82, 2.24) is 14.7 Å². The smallest absolute Gasteiger partial charge is 0.278 e. The first kappa shape index (κ1) is 14.7. The Morgan fingerprint density at radius 1 is 1.41 bits per heavy atom. The number of aryl methyl sites for hydroxylation is 1. The lowest BCUT2D eigenvalue weighted by Gasteiger charge is -2.22. The molecule has 6 nitrogen and oxygen atoms in total. The number of para-hydroxylation sites is 1. The minimum atomic E-state index is -0.397. The molecule has 0 atom stereocenters. The minimum absolute atomic E-state index is 0.0633. The number of benzene rings is 1. The van der Waals surface area contributed by atoms with Gasteiger partial charge in [-0.05, 0) is 25.0 Å². The molecule has 0 saturated heterocycles. The van der Waals surface area contributed by atoms with Crippen LogP contribution in [0.25, 0.3) is 10.9 Å². The van der Waals surface area contributed by atoms with Gasteiger partial charge >= 0.3 is 0 Å². The summed E-state index contributed by atoms with van der Waals surface area (Å²) in [6.45, 7) is 0.508. The molecule has 1 N–H and O–H groups in total. The number of rotatable bonds is 4. The Labute approximate surface area is 128 Å². The topological polar surface area (TPSA) is 75.4 Å². The van der Waals surface area contributed by atoms with Crippen LogP contribution >= 0.6 is 0 Å². The molecule has 0 aliphatic heterocycles. The Morgan fingerprint density at radius 3 is 2.73 bits per heavy atom. The molecule has 3 rings (SSSR count). The van der Waals surface area contributed by atoms with Crippen molar-refractivity contribution in [3.8, 4) is 0 Å². The first-order chi connectivity index (χ1) is 10.5. The number of hydrogen-bond donors (Lipinski definition) is 1. The van der Waals surface area contributed by atoms with E-state index in [2.05, 4.69) is 5.10 Å². The molecule has 0 unspecified atom stereocenters. The lowest BCUT2D eigenvalue weighted by molar-refractivity contribution is 0.0724. The van der Waals surface area contributed by atoms with Crippen LogP contribution in [0.1, 0.15) is 23.3 Å². The minimum Gasteiger partial charge on any atom is -0.396 e. The van der Waals surface area contributed by atoms with Crippen molar-refractivity contribution in [2.24, 2.45) is 12.5 Å². The van der Waals surface area contributed by atoms with E-state index < -0.39 is 5.91 Å². The fourth-order valence-electron chi connectivity index (χ4n) is 2.76. The average Bonchev–Trinajstić information content (AvgIpc) is 3.30. The number of carbonyl (C=O) groups is 1. The highest BCUT2D eigenvalue weighted by atomic mass is 16.3. The second-order valence-corrected chi connectivity index (χ2v) is 6.14. The summed E-state index contributed by atoms with van der Waals surface area (Å²) in [7, 11) is 3.36. The monoisotopic (exact) mass is 301 g/mol. The van der Waals surface area contributed by atoms with Gasteiger partial charge in [0.25, 0.3) is 5.91 Å². The van der Waals surface area contributed by atoms with Crippen molar-refractivity contribution in [3.05, 3.63) is 40.2 Å². The van der Waals surface area contributed by atoms with Crippen molar-refractivity contribution >= 4 is 16.8 Å². The Balaban J connectivity index is 1.97. The number of aliphatic hydroxyl groups is 1. The zero-order valence-corrected chi connectivity index (χ0v) is 12.7. The molecule has 1 aliphatic carbocycles. The third kappa shape index (κ3) is 2.39. The third-order valence-electron chi connectivity index (χ3n) is 4.38. The predicted octanol–water partition coefficient (Wildman–Crippen LogP) is 0.778. The molecule has 2 aromatic rings. The normalized spacial score (nSPS) is 15.8. The van der Waals surface area contributed by atoms with Crippen molar-refractivity contribution < 1.29 is 9.90 Å². The fraction of sp³-hybridized carbons (Fsp3) is 0.438. The number of hydrogen-bond acceptors (Lipinski definition) is 4. The lowest BCUT2D eigenvalue weighted by atomic mass is 10.1. The number of aliphatic hydroxyl groups excluding tert-OH is 1. The zero-order chi connectivity index (χ0) is 15.9. The summed E-state index contributed by atoms with van der Waals surface area (Å²) in [5.41, 5.74) is 0.0875. The summed E-state index contributed by atoms with van der Waals surface area (Å²) in [6, 6.07) is 7.10. The maximum absolute atomic E-state index is 12.6. The standard InChI is InChI=1S/C16H19N3O3/c1-18(9-16(10-20)7-8-16)15(22)13-14(21)11-5-3-4-6-12(11)19(2)17-13/h3-6,20H,7-10H2,1-2H3. The SMILES string of the molecule is CN(CC1(CO)CC1)C(=O)c1nn(C)c2ccccc2c1=O. The summed E-state index contributed by atoms with van der Waals surface area (Å²) in [4.78, 5) is 26.5. The van der Waals surface area contributed by atoms with Crippen molar-refractivity contribution in [2.75, 3.05) is 20.2 Å². The van der Waals surface area contributed by atoms with Gasteiger partial charge in [0, 0.05) is 31.4 Å². The van der Waals surface area contributed by atoms with Crippen LogP contribution in [0, 0.1) is 5.41 Å². The van der Waals surface area contributed by atoms with Gasteiger partial charge in [0.15, 0.2) is 5.69 Å². The van der Waals surface area contributed by atoms with Crippen LogP contribution in [0.4, 0.5) is 0 Å². The molecule has 1 amide bonds.